The SMILES string of the molecule is CCOC(=O)Cn1c([C@H]2CC(=O)N(c3cccc(OC)c3)C2)nc2ccccc21. The molecule has 2 heterocycles. The Morgan fingerprint density at radius 2 is 2.03 bits per heavy atom. The number of nitrogens with zero attached hydrogens (tertiary/aromatic N) is 3. The number of rotatable bonds is 6. The Morgan fingerprint density at radius 3 is 2.83 bits per heavy atom. The second-order valence-electron chi connectivity index (χ2n) is 6.96. The Balaban J connectivity index is 1.67. The fourth-order valence-electron chi connectivity index (χ4n) is 3.82. The van der Waals surface area contributed by atoms with Crippen LogP contribution in [0.3, 0.4) is 0 Å². The number of esters is 1. The second-order valence-corrected chi connectivity index (χ2v) is 6.96. The van der Waals surface area contributed by atoms with Crippen molar-refractivity contribution in [3.63, 3.8) is 0 Å². The molecular formula is C22H23N3O4. The van der Waals surface area contributed by atoms with Gasteiger partial charge in [-0.25, -0.2) is 4.98 Å². The largest absolute Gasteiger partial charge is 0.497 e. The van der Waals surface area contributed by atoms with Gasteiger partial charge in [0.05, 0.1) is 24.8 Å². The van der Waals surface area contributed by atoms with Gasteiger partial charge < -0.3 is 18.9 Å². The molecule has 0 N–H and O–H groups in total. The number of amides is 1. The summed E-state index contributed by atoms with van der Waals surface area (Å²) in [6.07, 6.45) is 0.337. The van der Waals surface area contributed by atoms with E-state index >= 15 is 0 Å². The molecule has 4 rings (SSSR count). The van der Waals surface area contributed by atoms with Crippen molar-refractivity contribution in [3.8, 4) is 5.75 Å². The van der Waals surface area contributed by atoms with Crippen LogP contribution < -0.4 is 9.64 Å². The quantitative estimate of drug-likeness (QED) is 0.602. The summed E-state index contributed by atoms with van der Waals surface area (Å²) in [6.45, 7) is 2.69. The third-order valence-corrected chi connectivity index (χ3v) is 5.13. The normalized spacial score (nSPS) is 16.4. The minimum Gasteiger partial charge on any atom is -0.497 e. The molecule has 1 saturated heterocycles. The fourth-order valence-corrected chi connectivity index (χ4v) is 3.82. The van der Waals surface area contributed by atoms with E-state index in [9.17, 15) is 9.59 Å². The number of aromatic nitrogens is 2. The van der Waals surface area contributed by atoms with Gasteiger partial charge in [-0.05, 0) is 31.2 Å². The maximum atomic E-state index is 12.8. The lowest BCUT2D eigenvalue weighted by Crippen LogP contribution is -2.24. The molecular weight excluding hydrogens is 370 g/mol. The molecule has 0 saturated carbocycles. The molecule has 0 bridgehead atoms. The van der Waals surface area contributed by atoms with Gasteiger partial charge in [-0.15, -0.1) is 0 Å². The maximum absolute atomic E-state index is 12.8. The van der Waals surface area contributed by atoms with Crippen molar-refractivity contribution in [3.05, 3.63) is 54.4 Å². The number of benzene rings is 2. The van der Waals surface area contributed by atoms with Gasteiger partial charge >= 0.3 is 5.97 Å². The van der Waals surface area contributed by atoms with Crippen molar-refractivity contribution in [2.75, 3.05) is 25.2 Å². The number of anilines is 1. The highest BCUT2D eigenvalue weighted by Gasteiger charge is 2.35. The number of carbonyl (C=O) groups is 2. The van der Waals surface area contributed by atoms with E-state index < -0.39 is 0 Å². The van der Waals surface area contributed by atoms with E-state index in [-0.39, 0.29) is 24.3 Å². The van der Waals surface area contributed by atoms with Crippen LogP contribution in [0.5, 0.6) is 5.75 Å². The van der Waals surface area contributed by atoms with Crippen molar-refractivity contribution >= 4 is 28.6 Å². The second kappa shape index (κ2) is 7.95. The topological polar surface area (TPSA) is 73.7 Å². The summed E-state index contributed by atoms with van der Waals surface area (Å²) in [5.74, 6) is 1.03. The molecule has 1 aliphatic heterocycles. The van der Waals surface area contributed by atoms with Crippen molar-refractivity contribution in [2.24, 2.45) is 0 Å². The van der Waals surface area contributed by atoms with Gasteiger partial charge in [0.2, 0.25) is 5.91 Å². The van der Waals surface area contributed by atoms with Crippen LogP contribution in [0.15, 0.2) is 48.5 Å². The Kier molecular flexibility index (Phi) is 5.20. The third kappa shape index (κ3) is 3.68. The lowest BCUT2D eigenvalue weighted by Gasteiger charge is -2.18. The summed E-state index contributed by atoms with van der Waals surface area (Å²) < 4.78 is 12.3. The predicted octanol–water partition coefficient (Wildman–Crippen LogP) is 3.13. The minimum absolute atomic E-state index is 0.0259. The third-order valence-electron chi connectivity index (χ3n) is 5.13. The molecule has 1 aromatic heterocycles. The number of imidazole rings is 1. The van der Waals surface area contributed by atoms with Gasteiger partial charge in [0, 0.05) is 30.6 Å². The molecule has 0 radical (unpaired) electrons. The average Bonchev–Trinajstić information content (AvgIpc) is 3.29. The smallest absolute Gasteiger partial charge is 0.326 e. The molecule has 7 nitrogen and oxygen atoms in total. The Morgan fingerprint density at radius 1 is 1.21 bits per heavy atom. The predicted molar refractivity (Wildman–Crippen MR) is 109 cm³/mol. The number of fused-ring (bicyclic) bond motifs is 1. The number of hydrogen-bond acceptors (Lipinski definition) is 5. The molecule has 0 aliphatic carbocycles. The first-order valence-electron chi connectivity index (χ1n) is 9.66. The summed E-state index contributed by atoms with van der Waals surface area (Å²) in [5.41, 5.74) is 2.46. The number of para-hydroxylation sites is 2. The number of carbonyl (C=O) groups excluding carboxylic acids is 2. The number of ether oxygens (including phenoxy) is 2. The average molecular weight is 393 g/mol. The van der Waals surface area contributed by atoms with Gasteiger partial charge in [0.15, 0.2) is 0 Å². The Bertz CT molecular complexity index is 1060. The molecule has 0 spiro atoms. The van der Waals surface area contributed by atoms with Gasteiger partial charge in [-0.2, -0.15) is 0 Å². The van der Waals surface area contributed by atoms with E-state index in [0.29, 0.717) is 25.3 Å². The van der Waals surface area contributed by atoms with Crippen LogP contribution >= 0.6 is 0 Å². The van der Waals surface area contributed by atoms with E-state index in [0.717, 1.165) is 22.5 Å². The highest BCUT2D eigenvalue weighted by atomic mass is 16.5. The highest BCUT2D eigenvalue weighted by Crippen LogP contribution is 2.34. The molecule has 1 atom stereocenters. The number of hydrogen-bond donors (Lipinski definition) is 0. The van der Waals surface area contributed by atoms with E-state index in [2.05, 4.69) is 0 Å². The molecule has 1 amide bonds. The molecule has 3 aromatic rings. The summed E-state index contributed by atoms with van der Waals surface area (Å²) in [7, 11) is 1.60. The van der Waals surface area contributed by atoms with Crippen LogP contribution in [0.1, 0.15) is 25.1 Å². The minimum atomic E-state index is -0.314. The monoisotopic (exact) mass is 393 g/mol. The van der Waals surface area contributed by atoms with Crippen molar-refractivity contribution in [2.45, 2.75) is 25.8 Å². The van der Waals surface area contributed by atoms with E-state index in [1.807, 2.05) is 53.1 Å². The first-order valence-corrected chi connectivity index (χ1v) is 9.66. The lowest BCUT2D eigenvalue weighted by atomic mass is 10.1. The molecule has 1 aliphatic rings. The summed E-state index contributed by atoms with van der Waals surface area (Å²) in [4.78, 5) is 31.5. The van der Waals surface area contributed by atoms with E-state index in [4.69, 9.17) is 14.5 Å². The first kappa shape index (κ1) is 19.0. The molecule has 2 aromatic carbocycles. The van der Waals surface area contributed by atoms with Crippen molar-refractivity contribution < 1.29 is 19.1 Å². The highest BCUT2D eigenvalue weighted by molar-refractivity contribution is 5.96. The van der Waals surface area contributed by atoms with Crippen LogP contribution in [0.2, 0.25) is 0 Å². The van der Waals surface area contributed by atoms with Gasteiger partial charge in [0.25, 0.3) is 0 Å². The van der Waals surface area contributed by atoms with Crippen LogP contribution in [0.25, 0.3) is 11.0 Å². The van der Waals surface area contributed by atoms with Gasteiger partial charge in [-0.1, -0.05) is 18.2 Å². The zero-order valence-electron chi connectivity index (χ0n) is 16.5. The Labute approximate surface area is 168 Å². The molecule has 150 valence electrons. The summed E-state index contributed by atoms with van der Waals surface area (Å²) >= 11 is 0. The zero-order valence-corrected chi connectivity index (χ0v) is 16.5. The molecule has 1 fully saturated rings. The van der Waals surface area contributed by atoms with Crippen LogP contribution in [-0.4, -0.2) is 41.7 Å². The summed E-state index contributed by atoms with van der Waals surface area (Å²) in [5, 5.41) is 0. The number of methoxy groups -OCH3 is 1. The summed E-state index contributed by atoms with van der Waals surface area (Å²) in [6, 6.07) is 15.1. The van der Waals surface area contributed by atoms with Crippen LogP contribution in [0.4, 0.5) is 5.69 Å². The molecule has 7 heteroatoms. The lowest BCUT2D eigenvalue weighted by molar-refractivity contribution is -0.143. The standard InChI is InChI=1S/C22H23N3O4/c1-3-29-21(27)14-25-19-10-5-4-9-18(19)23-22(25)15-11-20(26)24(13-15)16-7-6-8-17(12-16)28-2/h4-10,12,15H,3,11,13-14H2,1-2H3/t15-/m0/s1. The first-order chi connectivity index (χ1) is 14.1. The van der Waals surface area contributed by atoms with Crippen LogP contribution in [0, 0.1) is 0 Å². The molecule has 0 unspecified atom stereocenters. The van der Waals surface area contributed by atoms with Crippen LogP contribution in [-0.2, 0) is 20.9 Å². The van der Waals surface area contributed by atoms with Gasteiger partial charge in [-0.3, -0.25) is 9.59 Å². The van der Waals surface area contributed by atoms with E-state index in [1.165, 1.54) is 0 Å². The van der Waals surface area contributed by atoms with Crippen molar-refractivity contribution in [1.82, 2.24) is 9.55 Å². The zero-order chi connectivity index (χ0) is 20.4. The fraction of sp³-hybridized carbons (Fsp3) is 0.318. The Hall–Kier alpha value is -3.35. The van der Waals surface area contributed by atoms with Gasteiger partial charge in [0.1, 0.15) is 18.1 Å². The maximum Gasteiger partial charge on any atom is 0.326 e. The molecule has 29 heavy (non-hydrogen) atoms. The van der Waals surface area contributed by atoms with E-state index in [1.54, 1.807) is 18.9 Å². The van der Waals surface area contributed by atoms with Crippen molar-refractivity contribution in [1.29, 1.82) is 0 Å².